The van der Waals surface area contributed by atoms with Crippen LogP contribution >= 0.6 is 0 Å². The van der Waals surface area contributed by atoms with Crippen LogP contribution in [0.1, 0.15) is 39.0 Å². The molecule has 1 atom stereocenters. The van der Waals surface area contributed by atoms with Gasteiger partial charge in [0.2, 0.25) is 10.0 Å². The molecule has 1 fully saturated rings. The Morgan fingerprint density at radius 3 is 2.71 bits per heavy atom. The molecule has 0 aliphatic carbocycles. The van der Waals surface area contributed by atoms with Crippen LogP contribution < -0.4 is 0 Å². The van der Waals surface area contributed by atoms with Gasteiger partial charge in [-0.25, -0.2) is 13.1 Å². The standard InChI is InChI=1S/C18H25N3O2S/c1-2-7-16-8-6-12-20(13-11-16)24(22,23)18-14-19-21(15-18)17-9-4-3-5-10-17/h3-5,9-10,14-16H,2,6-8,11-13H2,1H3/t16-/m1/s1. The number of nitrogens with zero attached hydrogens (tertiary/aromatic N) is 3. The van der Waals surface area contributed by atoms with E-state index in [1.54, 1.807) is 15.2 Å². The van der Waals surface area contributed by atoms with Crippen LogP contribution in [0.25, 0.3) is 5.69 Å². The first kappa shape index (κ1) is 17.2. The van der Waals surface area contributed by atoms with Crippen LogP contribution in [0.5, 0.6) is 0 Å². The van der Waals surface area contributed by atoms with Crippen molar-refractivity contribution in [1.82, 2.24) is 14.1 Å². The van der Waals surface area contributed by atoms with Crippen molar-refractivity contribution in [2.45, 2.75) is 43.9 Å². The number of hydrogen-bond donors (Lipinski definition) is 0. The molecule has 3 rings (SSSR count). The summed E-state index contributed by atoms with van der Waals surface area (Å²) < 4.78 is 29.1. The monoisotopic (exact) mass is 347 g/mol. The summed E-state index contributed by atoms with van der Waals surface area (Å²) in [7, 11) is -3.46. The topological polar surface area (TPSA) is 55.2 Å². The van der Waals surface area contributed by atoms with Crippen molar-refractivity contribution >= 4 is 10.0 Å². The molecule has 0 unspecified atom stereocenters. The van der Waals surface area contributed by atoms with Gasteiger partial charge in [-0.1, -0.05) is 38.0 Å². The highest BCUT2D eigenvalue weighted by Crippen LogP contribution is 2.26. The molecule has 2 heterocycles. The van der Waals surface area contributed by atoms with E-state index in [0.717, 1.165) is 24.9 Å². The van der Waals surface area contributed by atoms with Crippen molar-refractivity contribution in [3.63, 3.8) is 0 Å². The van der Waals surface area contributed by atoms with Crippen LogP contribution in [-0.2, 0) is 10.0 Å². The van der Waals surface area contributed by atoms with Gasteiger partial charge in [0.05, 0.1) is 18.1 Å². The molecule has 0 bridgehead atoms. The molecule has 0 spiro atoms. The van der Waals surface area contributed by atoms with E-state index in [4.69, 9.17) is 0 Å². The number of benzene rings is 1. The Bertz CT molecular complexity index is 756. The first-order valence-electron chi connectivity index (χ1n) is 8.71. The Kier molecular flexibility index (Phi) is 5.36. The zero-order valence-corrected chi connectivity index (χ0v) is 15.0. The fourth-order valence-corrected chi connectivity index (χ4v) is 4.81. The highest BCUT2D eigenvalue weighted by molar-refractivity contribution is 7.89. The molecule has 1 aromatic heterocycles. The molecule has 2 aromatic rings. The lowest BCUT2D eigenvalue weighted by Gasteiger charge is -2.19. The molecule has 1 aromatic carbocycles. The third-order valence-corrected chi connectivity index (χ3v) is 6.57. The summed E-state index contributed by atoms with van der Waals surface area (Å²) in [5, 5.41) is 4.23. The second-order valence-corrected chi connectivity index (χ2v) is 8.38. The van der Waals surface area contributed by atoms with E-state index in [2.05, 4.69) is 12.0 Å². The van der Waals surface area contributed by atoms with Crippen LogP contribution in [0.15, 0.2) is 47.6 Å². The maximum atomic E-state index is 12.9. The molecule has 0 amide bonds. The summed E-state index contributed by atoms with van der Waals surface area (Å²) in [4.78, 5) is 0.278. The Balaban J connectivity index is 1.77. The Morgan fingerprint density at radius 2 is 1.96 bits per heavy atom. The molecule has 1 aliphatic heterocycles. The lowest BCUT2D eigenvalue weighted by molar-refractivity contribution is 0.400. The van der Waals surface area contributed by atoms with Crippen LogP contribution in [0, 0.1) is 5.92 Å². The van der Waals surface area contributed by atoms with E-state index in [1.807, 2.05) is 30.3 Å². The second-order valence-electron chi connectivity index (χ2n) is 6.45. The number of aromatic nitrogens is 2. The van der Waals surface area contributed by atoms with Crippen LogP contribution in [0.4, 0.5) is 0 Å². The minimum atomic E-state index is -3.46. The van der Waals surface area contributed by atoms with E-state index in [9.17, 15) is 8.42 Å². The second kappa shape index (κ2) is 7.49. The molecule has 1 saturated heterocycles. The number of sulfonamides is 1. The molecule has 5 nitrogen and oxygen atoms in total. The van der Waals surface area contributed by atoms with E-state index in [0.29, 0.717) is 19.0 Å². The molecular weight excluding hydrogens is 322 g/mol. The van der Waals surface area contributed by atoms with Gasteiger partial charge in [-0.05, 0) is 37.3 Å². The van der Waals surface area contributed by atoms with Crippen molar-refractivity contribution in [1.29, 1.82) is 0 Å². The molecule has 0 radical (unpaired) electrons. The predicted molar refractivity (Wildman–Crippen MR) is 94.6 cm³/mol. The van der Waals surface area contributed by atoms with E-state index >= 15 is 0 Å². The average molecular weight is 347 g/mol. The van der Waals surface area contributed by atoms with E-state index < -0.39 is 10.0 Å². The smallest absolute Gasteiger partial charge is 0.240 e. The largest absolute Gasteiger partial charge is 0.246 e. The molecule has 130 valence electrons. The zero-order chi connectivity index (χ0) is 17.0. The highest BCUT2D eigenvalue weighted by Gasteiger charge is 2.28. The van der Waals surface area contributed by atoms with Gasteiger partial charge in [-0.2, -0.15) is 9.40 Å². The van der Waals surface area contributed by atoms with Crippen molar-refractivity contribution in [2.75, 3.05) is 13.1 Å². The van der Waals surface area contributed by atoms with Crippen molar-refractivity contribution in [3.05, 3.63) is 42.7 Å². The molecular formula is C18H25N3O2S. The molecule has 24 heavy (non-hydrogen) atoms. The summed E-state index contributed by atoms with van der Waals surface area (Å²) in [6.07, 6.45) is 8.46. The van der Waals surface area contributed by atoms with Gasteiger partial charge < -0.3 is 0 Å². The minimum absolute atomic E-state index is 0.278. The molecule has 0 N–H and O–H groups in total. The van der Waals surface area contributed by atoms with Gasteiger partial charge in [0.25, 0.3) is 0 Å². The van der Waals surface area contributed by atoms with Gasteiger partial charge in [-0.3, -0.25) is 0 Å². The fraction of sp³-hybridized carbons (Fsp3) is 0.500. The SMILES string of the molecule is CCC[C@@H]1CCCN(S(=O)(=O)c2cnn(-c3ccccc3)c2)CC1. The van der Waals surface area contributed by atoms with Crippen molar-refractivity contribution < 1.29 is 8.42 Å². The Hall–Kier alpha value is -1.66. The average Bonchev–Trinajstić information content (AvgIpc) is 2.98. The normalized spacial score (nSPS) is 20.0. The van der Waals surface area contributed by atoms with E-state index in [1.165, 1.54) is 19.0 Å². The van der Waals surface area contributed by atoms with Gasteiger partial charge in [-0.15, -0.1) is 0 Å². The zero-order valence-electron chi connectivity index (χ0n) is 14.1. The van der Waals surface area contributed by atoms with Gasteiger partial charge in [0.1, 0.15) is 4.90 Å². The third-order valence-electron chi connectivity index (χ3n) is 4.72. The van der Waals surface area contributed by atoms with Gasteiger partial charge in [0.15, 0.2) is 0 Å². The highest BCUT2D eigenvalue weighted by atomic mass is 32.2. The van der Waals surface area contributed by atoms with Gasteiger partial charge >= 0.3 is 0 Å². The van der Waals surface area contributed by atoms with Crippen LogP contribution in [-0.4, -0.2) is 35.6 Å². The maximum Gasteiger partial charge on any atom is 0.246 e. The summed E-state index contributed by atoms with van der Waals surface area (Å²) in [6.45, 7) is 3.42. The summed E-state index contributed by atoms with van der Waals surface area (Å²) in [5.41, 5.74) is 0.859. The van der Waals surface area contributed by atoms with Crippen LogP contribution in [0.3, 0.4) is 0 Å². The Morgan fingerprint density at radius 1 is 1.17 bits per heavy atom. The van der Waals surface area contributed by atoms with Gasteiger partial charge in [0, 0.05) is 13.1 Å². The summed E-state index contributed by atoms with van der Waals surface area (Å²) in [5.74, 6) is 0.655. The quantitative estimate of drug-likeness (QED) is 0.832. The molecule has 6 heteroatoms. The Labute approximate surface area is 144 Å². The fourth-order valence-electron chi connectivity index (χ4n) is 3.39. The van der Waals surface area contributed by atoms with Crippen LogP contribution in [0.2, 0.25) is 0 Å². The van der Waals surface area contributed by atoms with Crippen molar-refractivity contribution in [2.24, 2.45) is 5.92 Å². The molecule has 0 saturated carbocycles. The third kappa shape index (κ3) is 3.70. The first-order chi connectivity index (χ1) is 11.6. The maximum absolute atomic E-state index is 12.9. The molecule has 1 aliphatic rings. The first-order valence-corrected chi connectivity index (χ1v) is 10.2. The summed E-state index contributed by atoms with van der Waals surface area (Å²) >= 11 is 0. The predicted octanol–water partition coefficient (Wildman–Crippen LogP) is 3.46. The minimum Gasteiger partial charge on any atom is -0.240 e. The van der Waals surface area contributed by atoms with E-state index in [-0.39, 0.29) is 4.90 Å². The number of para-hydroxylation sites is 1. The summed E-state index contributed by atoms with van der Waals surface area (Å²) in [6, 6.07) is 9.56. The lowest BCUT2D eigenvalue weighted by atomic mass is 9.96. The van der Waals surface area contributed by atoms with Crippen molar-refractivity contribution in [3.8, 4) is 5.69 Å². The lowest BCUT2D eigenvalue weighted by Crippen LogP contribution is -2.31. The number of rotatable bonds is 5. The number of hydrogen-bond acceptors (Lipinski definition) is 3.